The first-order valence-corrected chi connectivity index (χ1v) is 7.93. The number of nitrogens with zero attached hydrogens (tertiary/aromatic N) is 1. The smallest absolute Gasteiger partial charge is 0.410 e. The van der Waals surface area contributed by atoms with Crippen molar-refractivity contribution in [3.05, 3.63) is 34.1 Å². The molecule has 1 rings (SSSR count). The van der Waals surface area contributed by atoms with Crippen molar-refractivity contribution in [3.63, 3.8) is 0 Å². The van der Waals surface area contributed by atoms with Gasteiger partial charge in [0, 0.05) is 20.2 Å². The van der Waals surface area contributed by atoms with Gasteiger partial charge in [0.25, 0.3) is 0 Å². The van der Waals surface area contributed by atoms with Crippen LogP contribution in [0.15, 0.2) is 22.7 Å². The van der Waals surface area contributed by atoms with Crippen LogP contribution in [0.25, 0.3) is 0 Å². The highest BCUT2D eigenvalue weighted by Crippen LogP contribution is 2.17. The van der Waals surface area contributed by atoms with Crippen LogP contribution in [0.3, 0.4) is 0 Å². The Morgan fingerprint density at radius 2 is 2.00 bits per heavy atom. The van der Waals surface area contributed by atoms with Crippen LogP contribution >= 0.6 is 15.9 Å². The van der Waals surface area contributed by atoms with Crippen molar-refractivity contribution in [2.24, 2.45) is 0 Å². The normalized spacial score (nSPS) is 11.4. The zero-order valence-electron chi connectivity index (χ0n) is 13.5. The first-order chi connectivity index (χ1) is 10.2. The number of halogens is 2. The second-order valence-electron chi connectivity index (χ2n) is 5.96. The molecular formula is C16H23BrFNO3. The van der Waals surface area contributed by atoms with Crippen molar-refractivity contribution in [2.45, 2.75) is 32.8 Å². The highest BCUT2D eigenvalue weighted by atomic mass is 79.9. The van der Waals surface area contributed by atoms with Gasteiger partial charge < -0.3 is 14.4 Å². The van der Waals surface area contributed by atoms with E-state index in [1.165, 1.54) is 6.07 Å². The van der Waals surface area contributed by atoms with Crippen LogP contribution in [0.1, 0.15) is 26.3 Å². The monoisotopic (exact) mass is 375 g/mol. The number of benzene rings is 1. The average Bonchev–Trinajstić information content (AvgIpc) is 2.40. The molecule has 0 aliphatic carbocycles. The number of carbonyl (C=O) groups is 1. The Hall–Kier alpha value is -1.14. The number of methoxy groups -OCH3 is 1. The van der Waals surface area contributed by atoms with Crippen LogP contribution in [0.5, 0.6) is 0 Å². The topological polar surface area (TPSA) is 38.8 Å². The molecular weight excluding hydrogens is 353 g/mol. The van der Waals surface area contributed by atoms with Gasteiger partial charge in [0.2, 0.25) is 0 Å². The zero-order valence-corrected chi connectivity index (χ0v) is 15.1. The molecule has 1 aromatic rings. The molecule has 1 aromatic carbocycles. The van der Waals surface area contributed by atoms with Gasteiger partial charge in [-0.15, -0.1) is 0 Å². The summed E-state index contributed by atoms with van der Waals surface area (Å²) in [6, 6.07) is 4.96. The Balaban J connectivity index is 2.67. The van der Waals surface area contributed by atoms with E-state index in [1.54, 1.807) is 18.1 Å². The standard InChI is InChI=1S/C16H23BrFNO3/c1-16(2,3)22-15(20)19(9-10-21-4)8-7-12-5-6-13(17)14(18)11-12/h5-6,11H,7-10H2,1-4H3. The summed E-state index contributed by atoms with van der Waals surface area (Å²) in [7, 11) is 1.58. The molecule has 22 heavy (non-hydrogen) atoms. The average molecular weight is 376 g/mol. The number of ether oxygens (including phenoxy) is 2. The van der Waals surface area contributed by atoms with Gasteiger partial charge in [0.1, 0.15) is 11.4 Å². The van der Waals surface area contributed by atoms with Gasteiger partial charge in [-0.25, -0.2) is 9.18 Å². The summed E-state index contributed by atoms with van der Waals surface area (Å²) < 4.78 is 24.3. The number of hydrogen-bond acceptors (Lipinski definition) is 3. The fourth-order valence-electron chi connectivity index (χ4n) is 1.78. The molecule has 124 valence electrons. The van der Waals surface area contributed by atoms with Gasteiger partial charge in [-0.3, -0.25) is 0 Å². The maximum Gasteiger partial charge on any atom is 0.410 e. The van der Waals surface area contributed by atoms with Crippen molar-refractivity contribution >= 4 is 22.0 Å². The lowest BCUT2D eigenvalue weighted by Gasteiger charge is -2.27. The molecule has 0 aliphatic rings. The quantitative estimate of drug-likeness (QED) is 0.753. The molecule has 0 atom stereocenters. The van der Waals surface area contributed by atoms with Gasteiger partial charge in [0.15, 0.2) is 0 Å². The Labute approximate surface area is 139 Å². The zero-order chi connectivity index (χ0) is 16.8. The van der Waals surface area contributed by atoms with E-state index in [4.69, 9.17) is 9.47 Å². The first kappa shape index (κ1) is 18.9. The number of amides is 1. The molecule has 0 bridgehead atoms. The molecule has 0 N–H and O–H groups in total. The van der Waals surface area contributed by atoms with E-state index >= 15 is 0 Å². The minimum Gasteiger partial charge on any atom is -0.444 e. The number of rotatable bonds is 6. The summed E-state index contributed by atoms with van der Waals surface area (Å²) in [5.41, 5.74) is 0.276. The van der Waals surface area contributed by atoms with Crippen LogP contribution in [-0.2, 0) is 15.9 Å². The molecule has 0 fully saturated rings. The Bertz CT molecular complexity index is 503. The molecule has 0 saturated heterocycles. The van der Waals surface area contributed by atoms with Crippen molar-refractivity contribution in [2.75, 3.05) is 26.8 Å². The molecule has 1 amide bonds. The second kappa shape index (κ2) is 8.48. The Morgan fingerprint density at radius 1 is 1.32 bits per heavy atom. The summed E-state index contributed by atoms with van der Waals surface area (Å²) in [4.78, 5) is 13.8. The molecule has 0 spiro atoms. The van der Waals surface area contributed by atoms with Crippen molar-refractivity contribution in [1.29, 1.82) is 0 Å². The van der Waals surface area contributed by atoms with E-state index in [9.17, 15) is 9.18 Å². The van der Waals surface area contributed by atoms with E-state index < -0.39 is 5.60 Å². The lowest BCUT2D eigenvalue weighted by molar-refractivity contribution is 0.0204. The summed E-state index contributed by atoms with van der Waals surface area (Å²) in [5.74, 6) is -0.307. The third-order valence-electron chi connectivity index (χ3n) is 2.87. The summed E-state index contributed by atoms with van der Waals surface area (Å²) in [6.07, 6.45) is 0.162. The molecule has 6 heteroatoms. The minimum absolute atomic E-state index is 0.307. The Kier molecular flexibility index (Phi) is 7.29. The van der Waals surface area contributed by atoms with Crippen LogP contribution in [0.2, 0.25) is 0 Å². The molecule has 0 aromatic heterocycles. The summed E-state index contributed by atoms with van der Waals surface area (Å²) in [6.45, 7) is 6.77. The lowest BCUT2D eigenvalue weighted by Crippen LogP contribution is -2.39. The van der Waals surface area contributed by atoms with Crippen LogP contribution in [-0.4, -0.2) is 43.4 Å². The fraction of sp³-hybridized carbons (Fsp3) is 0.562. The molecule has 0 radical (unpaired) electrons. The van der Waals surface area contributed by atoms with Crippen LogP contribution in [0.4, 0.5) is 9.18 Å². The van der Waals surface area contributed by atoms with Crippen LogP contribution in [0, 0.1) is 5.82 Å². The number of hydrogen-bond donors (Lipinski definition) is 0. The van der Waals surface area contributed by atoms with Gasteiger partial charge in [0.05, 0.1) is 11.1 Å². The third-order valence-corrected chi connectivity index (χ3v) is 3.51. The van der Waals surface area contributed by atoms with Gasteiger partial charge in [-0.1, -0.05) is 6.07 Å². The summed E-state index contributed by atoms with van der Waals surface area (Å²) in [5, 5.41) is 0. The SMILES string of the molecule is COCCN(CCc1ccc(Br)c(F)c1)C(=O)OC(C)(C)C. The largest absolute Gasteiger partial charge is 0.444 e. The summed E-state index contributed by atoms with van der Waals surface area (Å²) >= 11 is 3.12. The van der Waals surface area contributed by atoms with Crippen LogP contribution < -0.4 is 0 Å². The van der Waals surface area contributed by atoms with Crippen molar-refractivity contribution in [3.8, 4) is 0 Å². The lowest BCUT2D eigenvalue weighted by atomic mass is 10.1. The minimum atomic E-state index is -0.549. The van der Waals surface area contributed by atoms with E-state index in [1.807, 2.05) is 26.8 Å². The van der Waals surface area contributed by atoms with Gasteiger partial charge in [-0.05, 0) is 60.8 Å². The molecule has 4 nitrogen and oxygen atoms in total. The molecule has 0 heterocycles. The van der Waals surface area contributed by atoms with E-state index in [2.05, 4.69) is 15.9 Å². The predicted octanol–water partition coefficient (Wildman–Crippen LogP) is 4.01. The molecule has 0 unspecified atom stereocenters. The second-order valence-corrected chi connectivity index (χ2v) is 6.81. The number of carbonyl (C=O) groups excluding carboxylic acids is 1. The Morgan fingerprint density at radius 3 is 2.55 bits per heavy atom. The van der Waals surface area contributed by atoms with E-state index in [0.29, 0.717) is 30.6 Å². The highest BCUT2D eigenvalue weighted by molar-refractivity contribution is 9.10. The molecule has 0 aliphatic heterocycles. The predicted molar refractivity (Wildman–Crippen MR) is 87.5 cm³/mol. The van der Waals surface area contributed by atoms with Crippen molar-refractivity contribution < 1.29 is 18.7 Å². The maximum atomic E-state index is 13.5. The fourth-order valence-corrected chi connectivity index (χ4v) is 2.03. The highest BCUT2D eigenvalue weighted by Gasteiger charge is 2.21. The van der Waals surface area contributed by atoms with Crippen molar-refractivity contribution in [1.82, 2.24) is 4.90 Å². The maximum absolute atomic E-state index is 13.5. The van der Waals surface area contributed by atoms with Gasteiger partial charge >= 0.3 is 6.09 Å². The molecule has 0 saturated carbocycles. The van der Waals surface area contributed by atoms with Gasteiger partial charge in [-0.2, -0.15) is 0 Å². The third kappa shape index (κ3) is 6.75. The van der Waals surface area contributed by atoms with E-state index in [-0.39, 0.29) is 11.9 Å². The van der Waals surface area contributed by atoms with E-state index in [0.717, 1.165) is 5.56 Å². The first-order valence-electron chi connectivity index (χ1n) is 7.13.